The topological polar surface area (TPSA) is 0 Å². The maximum Gasteiger partial charge on any atom is 0.140 e. The van der Waals surface area contributed by atoms with E-state index in [1.807, 2.05) is 11.3 Å². The van der Waals surface area contributed by atoms with Gasteiger partial charge in [-0.3, -0.25) is 0 Å². The zero-order valence-corrected chi connectivity index (χ0v) is 34.8. The van der Waals surface area contributed by atoms with E-state index in [2.05, 4.69) is 182 Å². The van der Waals surface area contributed by atoms with Gasteiger partial charge < -0.3 is 0 Å². The fourth-order valence-electron chi connectivity index (χ4n) is 10.9. The van der Waals surface area contributed by atoms with Crippen LogP contribution in [0.4, 0.5) is 0 Å². The SMILES string of the molecule is Bc1c(B)c(B)c2c(sc3c(B)c(B)c(-c4ccc(-c5ccc6ccc7cccc8ccc5c6c78)cc4-c4ccc5ccc6cccc7ccc4c5c67)c(B)c32)c1B. The van der Waals surface area contributed by atoms with E-state index in [-0.39, 0.29) is 0 Å². The maximum absolute atomic E-state index is 2.51. The van der Waals surface area contributed by atoms with E-state index in [0.29, 0.717) is 0 Å². The molecule has 0 bridgehead atoms. The molecule has 0 fully saturated rings. The molecule has 0 aliphatic carbocycles. The lowest BCUT2D eigenvalue weighted by atomic mass is 9.64. The molecule has 0 radical (unpaired) electrons. The second-order valence-corrected chi connectivity index (χ2v) is 18.0. The number of fused-ring (bicyclic) bond motifs is 3. The molecule has 11 aromatic carbocycles. The van der Waals surface area contributed by atoms with E-state index in [1.165, 1.54) is 156 Å². The van der Waals surface area contributed by atoms with Crippen LogP contribution in [-0.4, -0.2) is 54.9 Å². The molecule has 0 aliphatic heterocycles. The summed E-state index contributed by atoms with van der Waals surface area (Å²) in [5.74, 6) is 0. The molecule has 12 rings (SSSR count). The highest BCUT2D eigenvalue weighted by molar-refractivity contribution is 7.28. The van der Waals surface area contributed by atoms with Crippen molar-refractivity contribution in [1.82, 2.24) is 0 Å². The fraction of sp³-hybridized carbons (Fsp3) is 0. The maximum atomic E-state index is 2.51. The summed E-state index contributed by atoms with van der Waals surface area (Å²) in [6.07, 6.45) is 0. The Morgan fingerprint density at radius 3 is 1.31 bits per heavy atom. The lowest BCUT2D eigenvalue weighted by Crippen LogP contribution is -2.47. The largest absolute Gasteiger partial charge is 0.140 e. The molecule has 12 aromatic rings. The molecule has 8 heteroatoms. The van der Waals surface area contributed by atoms with Crippen molar-refractivity contribution in [1.29, 1.82) is 0 Å². The Labute approximate surface area is 348 Å². The van der Waals surface area contributed by atoms with Gasteiger partial charge in [-0.15, -0.1) is 22.3 Å². The van der Waals surface area contributed by atoms with Crippen LogP contribution in [0.1, 0.15) is 0 Å². The number of benzene rings is 11. The van der Waals surface area contributed by atoms with Crippen LogP contribution in [0.15, 0.2) is 127 Å². The van der Waals surface area contributed by atoms with Gasteiger partial charge in [-0.05, 0) is 115 Å². The first-order valence-electron chi connectivity index (χ1n) is 20.6. The Morgan fingerprint density at radius 1 is 0.293 bits per heavy atom. The van der Waals surface area contributed by atoms with Crippen molar-refractivity contribution in [2.75, 3.05) is 0 Å². The predicted octanol–water partition coefficient (Wildman–Crippen LogP) is 2.66. The van der Waals surface area contributed by atoms with Crippen LogP contribution in [0.2, 0.25) is 0 Å². The summed E-state index contributed by atoms with van der Waals surface area (Å²) >= 11 is 1.99. The van der Waals surface area contributed by atoms with Crippen LogP contribution < -0.4 is 38.2 Å². The number of thiophene rings is 1. The van der Waals surface area contributed by atoms with Crippen molar-refractivity contribution in [2.45, 2.75) is 0 Å². The monoisotopic (exact) mass is 744 g/mol. The summed E-state index contributed by atoms with van der Waals surface area (Å²) in [6.45, 7) is 0. The van der Waals surface area contributed by atoms with E-state index in [0.717, 1.165) is 0 Å². The minimum Gasteiger partial charge on any atom is -0.136 e. The van der Waals surface area contributed by atoms with Gasteiger partial charge in [-0.2, -0.15) is 0 Å². The molecule has 0 nitrogen and oxygen atoms in total. The molecule has 0 spiro atoms. The predicted molar refractivity (Wildman–Crippen MR) is 280 cm³/mol. The number of hydrogen-bond acceptors (Lipinski definition) is 1. The van der Waals surface area contributed by atoms with Crippen LogP contribution in [0.25, 0.3) is 118 Å². The van der Waals surface area contributed by atoms with E-state index in [9.17, 15) is 0 Å². The van der Waals surface area contributed by atoms with Crippen LogP contribution in [-0.2, 0) is 0 Å². The third-order valence-electron chi connectivity index (χ3n) is 14.3. The molecule has 262 valence electrons. The summed E-state index contributed by atoms with van der Waals surface area (Å²) in [7, 11) is 16.4. The number of hydrogen-bond donors (Lipinski definition) is 0. The molecule has 1 aromatic heterocycles. The second kappa shape index (κ2) is 12.1. The molecular formula is C50H35B7S. The van der Waals surface area contributed by atoms with Crippen molar-refractivity contribution in [3.8, 4) is 33.4 Å². The highest BCUT2D eigenvalue weighted by atomic mass is 32.1. The van der Waals surface area contributed by atoms with Gasteiger partial charge in [0.25, 0.3) is 0 Å². The average Bonchev–Trinajstić information content (AvgIpc) is 3.67. The average molecular weight is 744 g/mol. The Hall–Kier alpha value is -5.83. The smallest absolute Gasteiger partial charge is 0.136 e. The normalized spacial score (nSPS) is 12.3. The lowest BCUT2D eigenvalue weighted by Gasteiger charge is -2.22. The first-order chi connectivity index (χ1) is 28.2. The van der Waals surface area contributed by atoms with E-state index in [1.54, 1.807) is 0 Å². The molecule has 0 saturated heterocycles. The number of rotatable bonds is 3. The van der Waals surface area contributed by atoms with Gasteiger partial charge in [0.2, 0.25) is 0 Å². The van der Waals surface area contributed by atoms with Crippen LogP contribution in [0.3, 0.4) is 0 Å². The van der Waals surface area contributed by atoms with E-state index < -0.39 is 0 Å². The molecule has 0 saturated carbocycles. The fourth-order valence-corrected chi connectivity index (χ4v) is 12.4. The summed E-state index contributed by atoms with van der Waals surface area (Å²) in [6, 6.07) is 48.7. The van der Waals surface area contributed by atoms with Gasteiger partial charge in [0, 0.05) is 9.40 Å². The first kappa shape index (κ1) is 34.2. The molecule has 0 N–H and O–H groups in total. The molecule has 0 unspecified atom stereocenters. The van der Waals surface area contributed by atoms with E-state index >= 15 is 0 Å². The third-order valence-corrected chi connectivity index (χ3v) is 15.7. The van der Waals surface area contributed by atoms with E-state index in [4.69, 9.17) is 0 Å². The lowest BCUT2D eigenvalue weighted by molar-refractivity contribution is 1.63. The molecule has 0 atom stereocenters. The van der Waals surface area contributed by atoms with Crippen molar-refractivity contribution < 1.29 is 0 Å². The zero-order valence-electron chi connectivity index (χ0n) is 34.0. The van der Waals surface area contributed by atoms with Crippen molar-refractivity contribution in [3.05, 3.63) is 127 Å². The molecule has 1 heterocycles. The Bertz CT molecular complexity index is 3740. The Morgan fingerprint density at radius 2 is 0.724 bits per heavy atom. The Balaban J connectivity index is 1.21. The third kappa shape index (κ3) is 4.45. The Kier molecular flexibility index (Phi) is 7.14. The minimum atomic E-state index is 1.24. The van der Waals surface area contributed by atoms with Gasteiger partial charge in [0.15, 0.2) is 0 Å². The first-order valence-corrected chi connectivity index (χ1v) is 21.4. The standard InChI is InChI=1S/C50H35B7S/c51-42-39(43(52)47(56)49-40(42)41-44(53)45(54)46(55)48(57)50(41)58-49)33-20-15-28(29-16-11-26-9-7-22-3-1-5-24-13-18-31(29)37(26)35(22)24)21-34(33)30-17-12-27-10-8-23-4-2-6-25-14-19-32(30)38(27)36(23)25/h1-21H,51-57H2. The van der Waals surface area contributed by atoms with Gasteiger partial charge in [-0.1, -0.05) is 149 Å². The molecule has 0 aliphatic rings. The van der Waals surface area contributed by atoms with Gasteiger partial charge in [0.05, 0.1) is 0 Å². The quantitative estimate of drug-likeness (QED) is 0.193. The molecule has 0 amide bonds. The summed E-state index contributed by atoms with van der Waals surface area (Å²) in [5, 5.41) is 18.7. The van der Waals surface area contributed by atoms with Crippen molar-refractivity contribution >= 4 is 189 Å². The summed E-state index contributed by atoms with van der Waals surface area (Å²) in [5.41, 5.74) is 17.6. The van der Waals surface area contributed by atoms with Gasteiger partial charge in [0.1, 0.15) is 54.9 Å². The minimum absolute atomic E-state index is 1.24. The molecular weight excluding hydrogens is 708 g/mol. The van der Waals surface area contributed by atoms with Crippen molar-refractivity contribution in [2.24, 2.45) is 0 Å². The summed E-state index contributed by atoms with van der Waals surface area (Å²) in [4.78, 5) is 0. The van der Waals surface area contributed by atoms with Gasteiger partial charge in [-0.25, -0.2) is 0 Å². The van der Waals surface area contributed by atoms with Crippen molar-refractivity contribution in [3.63, 3.8) is 0 Å². The summed E-state index contributed by atoms with van der Waals surface area (Å²) < 4.78 is 2.87. The van der Waals surface area contributed by atoms with Gasteiger partial charge >= 0.3 is 0 Å². The van der Waals surface area contributed by atoms with Crippen LogP contribution >= 0.6 is 11.3 Å². The van der Waals surface area contributed by atoms with Crippen LogP contribution in [0.5, 0.6) is 0 Å². The highest BCUT2D eigenvalue weighted by Gasteiger charge is 2.24. The highest BCUT2D eigenvalue weighted by Crippen LogP contribution is 2.45. The zero-order chi connectivity index (χ0) is 39.3. The second-order valence-electron chi connectivity index (χ2n) is 17.0. The molecule has 58 heavy (non-hydrogen) atoms. The van der Waals surface area contributed by atoms with Crippen LogP contribution in [0, 0.1) is 0 Å².